The molecule has 4 amide bonds. The first-order valence-electron chi connectivity index (χ1n) is 14.3. The smallest absolute Gasteiger partial charge is 0.271 e. The van der Waals surface area contributed by atoms with Gasteiger partial charge in [0.1, 0.15) is 5.75 Å². The Balaban J connectivity index is 1.32. The second-order valence-electron chi connectivity index (χ2n) is 11.7. The van der Waals surface area contributed by atoms with E-state index in [2.05, 4.69) is 0 Å². The highest BCUT2D eigenvalue weighted by atomic mass is 16.6. The van der Waals surface area contributed by atoms with Gasteiger partial charge in [-0.1, -0.05) is 35.9 Å². The van der Waals surface area contributed by atoms with Gasteiger partial charge in [0.2, 0.25) is 23.6 Å². The summed E-state index contributed by atoms with van der Waals surface area (Å²) in [5.74, 6) is -7.05. The zero-order valence-electron chi connectivity index (χ0n) is 23.4. The Hall–Kier alpha value is -5.72. The molecule has 7 rings (SSSR count). The largest absolute Gasteiger partial charge is 0.508 e. The van der Waals surface area contributed by atoms with Crippen molar-refractivity contribution in [1.82, 2.24) is 0 Å². The van der Waals surface area contributed by atoms with Crippen molar-refractivity contribution in [2.45, 2.75) is 18.8 Å². The zero-order chi connectivity index (χ0) is 31.7. The van der Waals surface area contributed by atoms with Gasteiger partial charge >= 0.3 is 0 Å². The van der Waals surface area contributed by atoms with E-state index in [4.69, 9.17) is 0 Å². The zero-order valence-corrected chi connectivity index (χ0v) is 23.4. The van der Waals surface area contributed by atoms with E-state index in [-0.39, 0.29) is 41.3 Å². The van der Waals surface area contributed by atoms with Crippen LogP contribution in [0.15, 0.2) is 84.4 Å². The molecule has 13 nitrogen and oxygen atoms in total. The molecule has 0 bridgehead atoms. The molecule has 3 aromatic rings. The highest BCUT2D eigenvalue weighted by Gasteiger charge is 2.62. The Morgan fingerprint density at radius 2 is 1.22 bits per heavy atom. The summed E-state index contributed by atoms with van der Waals surface area (Å²) in [6.45, 7) is 0. The molecule has 3 aromatic carbocycles. The number of benzene rings is 3. The molecule has 1 saturated carbocycles. The molecule has 0 radical (unpaired) electrons. The van der Waals surface area contributed by atoms with Gasteiger partial charge in [-0.2, -0.15) is 0 Å². The number of nitro benzene ring substituents is 2. The third-order valence-electron chi connectivity index (χ3n) is 9.48. The number of carbonyl (C=O) groups is 4. The molecule has 3 fully saturated rings. The molecule has 1 N–H and O–H groups in total. The van der Waals surface area contributed by atoms with Crippen LogP contribution in [-0.2, 0) is 19.2 Å². The van der Waals surface area contributed by atoms with Gasteiger partial charge in [0.05, 0.1) is 44.9 Å². The van der Waals surface area contributed by atoms with Crippen LogP contribution in [0.25, 0.3) is 0 Å². The topological polar surface area (TPSA) is 181 Å². The van der Waals surface area contributed by atoms with E-state index >= 15 is 0 Å². The fraction of sp³-hybridized carbons (Fsp3) is 0.250. The van der Waals surface area contributed by atoms with Crippen LogP contribution in [0, 0.1) is 49.8 Å². The number of hydrogen-bond donors (Lipinski definition) is 1. The van der Waals surface area contributed by atoms with Gasteiger partial charge in [0.25, 0.3) is 11.4 Å². The number of non-ortho nitro benzene ring substituents is 2. The molecule has 2 saturated heterocycles. The first-order valence-corrected chi connectivity index (χ1v) is 14.3. The molecule has 226 valence electrons. The summed E-state index contributed by atoms with van der Waals surface area (Å²) in [7, 11) is 0. The van der Waals surface area contributed by atoms with Crippen LogP contribution in [0.3, 0.4) is 0 Å². The Morgan fingerprint density at radius 1 is 0.667 bits per heavy atom. The quantitative estimate of drug-likeness (QED) is 0.192. The van der Waals surface area contributed by atoms with Crippen LogP contribution >= 0.6 is 0 Å². The lowest BCUT2D eigenvalue weighted by Crippen LogP contribution is -2.43. The minimum Gasteiger partial charge on any atom is -0.508 e. The minimum atomic E-state index is -0.919. The summed E-state index contributed by atoms with van der Waals surface area (Å²) in [5, 5.41) is 33.2. The fourth-order valence-corrected chi connectivity index (χ4v) is 7.68. The van der Waals surface area contributed by atoms with Gasteiger partial charge in [0.15, 0.2) is 0 Å². The number of nitro groups is 2. The number of allylic oxidation sites excluding steroid dienone is 2. The lowest BCUT2D eigenvalue weighted by molar-refractivity contribution is -0.385. The second-order valence-corrected chi connectivity index (χ2v) is 11.7. The van der Waals surface area contributed by atoms with Crippen molar-refractivity contribution in [3.05, 3.63) is 110 Å². The molecule has 6 atom stereocenters. The first kappa shape index (κ1) is 28.1. The van der Waals surface area contributed by atoms with Crippen molar-refractivity contribution >= 4 is 46.4 Å². The minimum absolute atomic E-state index is 0.0575. The van der Waals surface area contributed by atoms with E-state index < -0.39 is 69.0 Å². The SMILES string of the molecule is O=C1C2CC=C3C(CC4C(=O)N(c5cccc([N+](=O)[O-])c5)C(=O)C4C3c3cccc(O)c3)C2C(=O)N1c1cccc([N+](=O)[O-])c1. The molecule has 2 heterocycles. The van der Waals surface area contributed by atoms with E-state index in [1.807, 2.05) is 6.08 Å². The molecule has 13 heteroatoms. The molecule has 0 spiro atoms. The third kappa shape index (κ3) is 4.22. The highest BCUT2D eigenvalue weighted by molar-refractivity contribution is 6.24. The molecule has 2 aliphatic carbocycles. The van der Waals surface area contributed by atoms with Gasteiger partial charge in [-0.3, -0.25) is 39.4 Å². The van der Waals surface area contributed by atoms with Crippen LogP contribution < -0.4 is 9.80 Å². The van der Waals surface area contributed by atoms with E-state index in [1.165, 1.54) is 54.6 Å². The number of anilines is 2. The highest BCUT2D eigenvalue weighted by Crippen LogP contribution is 2.58. The second kappa shape index (κ2) is 10.2. The molecular weight excluding hydrogens is 584 g/mol. The van der Waals surface area contributed by atoms with Crippen molar-refractivity contribution in [1.29, 1.82) is 0 Å². The summed E-state index contributed by atoms with van der Waals surface area (Å²) in [4.78, 5) is 79.4. The summed E-state index contributed by atoms with van der Waals surface area (Å²) < 4.78 is 0. The molecule has 4 aliphatic rings. The monoisotopic (exact) mass is 608 g/mol. The molecule has 45 heavy (non-hydrogen) atoms. The van der Waals surface area contributed by atoms with Crippen molar-refractivity contribution < 1.29 is 34.1 Å². The lowest BCUT2D eigenvalue weighted by Gasteiger charge is -2.44. The number of rotatable bonds is 5. The van der Waals surface area contributed by atoms with Crippen molar-refractivity contribution in [2.75, 3.05) is 9.80 Å². The lowest BCUT2D eigenvalue weighted by atomic mass is 9.57. The maximum Gasteiger partial charge on any atom is 0.271 e. The van der Waals surface area contributed by atoms with E-state index in [0.717, 1.165) is 15.9 Å². The Kier molecular flexibility index (Phi) is 6.35. The summed E-state index contributed by atoms with van der Waals surface area (Å²) in [6.07, 6.45) is 2.09. The van der Waals surface area contributed by atoms with Crippen LogP contribution in [0.4, 0.5) is 22.7 Å². The van der Waals surface area contributed by atoms with Crippen LogP contribution in [-0.4, -0.2) is 38.6 Å². The number of hydrogen-bond acceptors (Lipinski definition) is 9. The number of phenols is 1. The molecule has 6 unspecified atom stereocenters. The molecule has 0 aromatic heterocycles. The average Bonchev–Trinajstić information content (AvgIpc) is 3.43. The average molecular weight is 609 g/mol. The van der Waals surface area contributed by atoms with Crippen LogP contribution in [0.5, 0.6) is 5.75 Å². The summed E-state index contributed by atoms with van der Waals surface area (Å²) >= 11 is 0. The van der Waals surface area contributed by atoms with E-state index in [9.17, 15) is 44.5 Å². The Morgan fingerprint density at radius 3 is 1.80 bits per heavy atom. The Bertz CT molecular complexity index is 1890. The third-order valence-corrected chi connectivity index (χ3v) is 9.48. The van der Waals surface area contributed by atoms with E-state index in [1.54, 1.807) is 12.1 Å². The van der Waals surface area contributed by atoms with Crippen molar-refractivity contribution in [3.63, 3.8) is 0 Å². The van der Waals surface area contributed by atoms with Gasteiger partial charge in [-0.25, -0.2) is 9.80 Å². The van der Waals surface area contributed by atoms with Crippen LogP contribution in [0.1, 0.15) is 24.3 Å². The molecule has 2 aliphatic heterocycles. The standard InChI is InChI=1S/C32H24N4O9/c37-21-9-1-4-16(12-21)26-22-10-11-23-27(31(40)33(29(23)38)17-5-2-7-19(13-17)35(42)43)24(22)15-25-28(26)32(41)34(30(25)39)18-6-3-8-20(14-18)36(44)45/h1-10,12-14,23-28,37H,11,15H2. The first-order chi connectivity index (χ1) is 21.6. The van der Waals surface area contributed by atoms with Gasteiger partial charge < -0.3 is 5.11 Å². The fourth-order valence-electron chi connectivity index (χ4n) is 7.68. The van der Waals surface area contributed by atoms with Crippen molar-refractivity contribution in [3.8, 4) is 5.75 Å². The number of amides is 4. The number of fused-ring (bicyclic) bond motifs is 4. The number of nitrogens with zero attached hydrogens (tertiary/aromatic N) is 4. The summed E-state index contributed by atoms with van der Waals surface area (Å²) in [5.41, 5.74) is 0.825. The van der Waals surface area contributed by atoms with Crippen LogP contribution in [0.2, 0.25) is 0 Å². The van der Waals surface area contributed by atoms with Gasteiger partial charge in [-0.15, -0.1) is 0 Å². The number of imide groups is 2. The van der Waals surface area contributed by atoms with Crippen molar-refractivity contribution in [2.24, 2.45) is 29.6 Å². The maximum atomic E-state index is 14.1. The number of carbonyl (C=O) groups excluding carboxylic acids is 4. The van der Waals surface area contributed by atoms with E-state index in [0.29, 0.717) is 11.1 Å². The predicted octanol–water partition coefficient (Wildman–Crippen LogP) is 4.25. The number of phenolic OH excluding ortho intramolecular Hbond substituents is 1. The molecular formula is C32H24N4O9. The normalized spacial score (nSPS) is 27.2. The predicted molar refractivity (Wildman–Crippen MR) is 157 cm³/mol. The van der Waals surface area contributed by atoms with Gasteiger partial charge in [-0.05, 0) is 48.6 Å². The van der Waals surface area contributed by atoms with Gasteiger partial charge in [0, 0.05) is 30.2 Å². The number of aromatic hydroxyl groups is 1. The summed E-state index contributed by atoms with van der Waals surface area (Å²) in [6, 6.07) is 16.9. The maximum absolute atomic E-state index is 14.1. The Labute approximate surface area is 254 Å².